The zero-order valence-corrected chi connectivity index (χ0v) is 12.3. The third kappa shape index (κ3) is 2.58. The van der Waals surface area contributed by atoms with Crippen molar-refractivity contribution in [3.8, 4) is 0 Å². The van der Waals surface area contributed by atoms with Crippen molar-refractivity contribution in [2.45, 2.75) is 51.2 Å². The average Bonchev–Trinajstić information content (AvgIpc) is 3.18. The van der Waals surface area contributed by atoms with Crippen LogP contribution in [-0.2, 0) is 19.5 Å². The lowest BCUT2D eigenvalue weighted by Crippen LogP contribution is -2.31. The molecule has 4 rings (SSSR count). The van der Waals surface area contributed by atoms with E-state index < -0.39 is 0 Å². The van der Waals surface area contributed by atoms with Gasteiger partial charge in [-0.3, -0.25) is 4.90 Å². The standard InChI is InChI=1S/C16H21N5/c1-2-6-14-11-20(10-9-13(14)5-1)12-16-17-18-19-21(16)15-7-3-4-8-15/h1-2,5-6,15H,3-4,7-12H2. The molecule has 0 radical (unpaired) electrons. The van der Waals surface area contributed by atoms with Gasteiger partial charge in [-0.25, -0.2) is 4.68 Å². The van der Waals surface area contributed by atoms with E-state index in [1.54, 1.807) is 0 Å². The van der Waals surface area contributed by atoms with Gasteiger partial charge in [0.05, 0.1) is 12.6 Å². The van der Waals surface area contributed by atoms with Gasteiger partial charge in [0.15, 0.2) is 5.82 Å². The summed E-state index contributed by atoms with van der Waals surface area (Å²) < 4.78 is 2.08. The Kier molecular flexibility index (Phi) is 3.43. The highest BCUT2D eigenvalue weighted by molar-refractivity contribution is 5.29. The van der Waals surface area contributed by atoms with Crippen molar-refractivity contribution >= 4 is 0 Å². The number of rotatable bonds is 3. The molecule has 1 aromatic carbocycles. The smallest absolute Gasteiger partial charge is 0.165 e. The molecule has 0 bridgehead atoms. The summed E-state index contributed by atoms with van der Waals surface area (Å²) in [6, 6.07) is 9.27. The predicted molar refractivity (Wildman–Crippen MR) is 79.6 cm³/mol. The minimum Gasteiger partial charge on any atom is -0.291 e. The Labute approximate surface area is 125 Å². The number of fused-ring (bicyclic) bond motifs is 1. The molecule has 0 N–H and O–H groups in total. The number of tetrazole rings is 1. The quantitative estimate of drug-likeness (QED) is 0.867. The van der Waals surface area contributed by atoms with Crippen LogP contribution < -0.4 is 0 Å². The molecule has 0 amide bonds. The van der Waals surface area contributed by atoms with Crippen LogP contribution in [0.4, 0.5) is 0 Å². The van der Waals surface area contributed by atoms with Crippen LogP contribution in [0, 0.1) is 0 Å². The van der Waals surface area contributed by atoms with E-state index in [0.29, 0.717) is 6.04 Å². The fourth-order valence-corrected chi connectivity index (χ4v) is 3.64. The molecule has 2 aliphatic rings. The van der Waals surface area contributed by atoms with Gasteiger partial charge >= 0.3 is 0 Å². The van der Waals surface area contributed by atoms with Crippen molar-refractivity contribution in [1.29, 1.82) is 0 Å². The molecule has 1 aliphatic heterocycles. The van der Waals surface area contributed by atoms with Crippen molar-refractivity contribution in [2.75, 3.05) is 6.54 Å². The number of aromatic nitrogens is 4. The van der Waals surface area contributed by atoms with E-state index in [2.05, 4.69) is 49.4 Å². The first kappa shape index (κ1) is 13.0. The fraction of sp³-hybridized carbons (Fsp3) is 0.562. The molecule has 1 aliphatic carbocycles. The fourth-order valence-electron chi connectivity index (χ4n) is 3.64. The van der Waals surface area contributed by atoms with Gasteiger partial charge in [-0.2, -0.15) is 0 Å². The first-order valence-corrected chi connectivity index (χ1v) is 7.96. The van der Waals surface area contributed by atoms with Crippen LogP contribution in [0.25, 0.3) is 0 Å². The summed E-state index contributed by atoms with van der Waals surface area (Å²) in [4.78, 5) is 2.46. The molecular weight excluding hydrogens is 262 g/mol. The third-order valence-corrected chi connectivity index (χ3v) is 4.81. The second-order valence-electron chi connectivity index (χ2n) is 6.21. The van der Waals surface area contributed by atoms with E-state index in [9.17, 15) is 0 Å². The van der Waals surface area contributed by atoms with Gasteiger partial charge in [0, 0.05) is 13.1 Å². The molecule has 2 heterocycles. The van der Waals surface area contributed by atoms with E-state index in [0.717, 1.165) is 31.9 Å². The SMILES string of the molecule is c1ccc2c(c1)CCN(Cc1nnnn1C1CCCC1)C2. The second-order valence-corrected chi connectivity index (χ2v) is 6.21. The Hall–Kier alpha value is -1.75. The summed E-state index contributed by atoms with van der Waals surface area (Å²) in [6.45, 7) is 2.96. The van der Waals surface area contributed by atoms with Crippen LogP contribution >= 0.6 is 0 Å². The lowest BCUT2D eigenvalue weighted by atomic mass is 10.00. The van der Waals surface area contributed by atoms with Crippen LogP contribution in [0.3, 0.4) is 0 Å². The topological polar surface area (TPSA) is 46.8 Å². The summed E-state index contributed by atoms with van der Waals surface area (Å²) in [6.07, 6.45) is 6.19. The van der Waals surface area contributed by atoms with Crippen molar-refractivity contribution in [3.63, 3.8) is 0 Å². The molecule has 5 heteroatoms. The highest BCUT2D eigenvalue weighted by Crippen LogP contribution is 2.29. The van der Waals surface area contributed by atoms with Gasteiger partial charge in [0.25, 0.3) is 0 Å². The molecule has 1 fully saturated rings. The van der Waals surface area contributed by atoms with Crippen LogP contribution in [0.5, 0.6) is 0 Å². The van der Waals surface area contributed by atoms with Crippen molar-refractivity contribution in [3.05, 3.63) is 41.2 Å². The number of hydrogen-bond donors (Lipinski definition) is 0. The van der Waals surface area contributed by atoms with E-state index >= 15 is 0 Å². The summed E-state index contributed by atoms with van der Waals surface area (Å²) in [5, 5.41) is 12.4. The van der Waals surface area contributed by atoms with Gasteiger partial charge in [-0.05, 0) is 40.8 Å². The first-order valence-electron chi connectivity index (χ1n) is 7.96. The lowest BCUT2D eigenvalue weighted by molar-refractivity contribution is 0.231. The van der Waals surface area contributed by atoms with Crippen LogP contribution in [0.15, 0.2) is 24.3 Å². The summed E-state index contributed by atoms with van der Waals surface area (Å²) in [7, 11) is 0. The number of nitrogens with zero attached hydrogens (tertiary/aromatic N) is 5. The van der Waals surface area contributed by atoms with Gasteiger partial charge < -0.3 is 0 Å². The van der Waals surface area contributed by atoms with Gasteiger partial charge in [-0.15, -0.1) is 5.10 Å². The maximum absolute atomic E-state index is 4.27. The first-order chi connectivity index (χ1) is 10.4. The Morgan fingerprint density at radius 3 is 2.76 bits per heavy atom. The van der Waals surface area contributed by atoms with Crippen LogP contribution in [0.1, 0.15) is 48.7 Å². The molecule has 0 unspecified atom stereocenters. The second kappa shape index (κ2) is 5.56. The van der Waals surface area contributed by atoms with Crippen molar-refractivity contribution in [2.24, 2.45) is 0 Å². The minimum atomic E-state index is 0.520. The molecule has 2 aromatic rings. The molecule has 110 valence electrons. The van der Waals surface area contributed by atoms with Crippen LogP contribution in [0.2, 0.25) is 0 Å². The van der Waals surface area contributed by atoms with Crippen LogP contribution in [-0.4, -0.2) is 31.7 Å². The van der Waals surface area contributed by atoms with E-state index in [1.807, 2.05) is 0 Å². The molecule has 1 saturated carbocycles. The van der Waals surface area contributed by atoms with Crippen molar-refractivity contribution in [1.82, 2.24) is 25.1 Å². The Bertz CT molecular complexity index is 615. The maximum atomic E-state index is 4.27. The summed E-state index contributed by atoms with van der Waals surface area (Å²) in [5.74, 6) is 1.03. The Morgan fingerprint density at radius 2 is 1.90 bits per heavy atom. The molecule has 0 spiro atoms. The Balaban J connectivity index is 1.49. The molecule has 1 aromatic heterocycles. The third-order valence-electron chi connectivity index (χ3n) is 4.81. The minimum absolute atomic E-state index is 0.520. The molecule has 0 saturated heterocycles. The maximum Gasteiger partial charge on any atom is 0.165 e. The molecular formula is C16H21N5. The van der Waals surface area contributed by atoms with Gasteiger partial charge in [0.2, 0.25) is 0 Å². The lowest BCUT2D eigenvalue weighted by Gasteiger charge is -2.28. The highest BCUT2D eigenvalue weighted by Gasteiger charge is 2.23. The molecule has 0 atom stereocenters. The van der Waals surface area contributed by atoms with Gasteiger partial charge in [0.1, 0.15) is 0 Å². The van der Waals surface area contributed by atoms with E-state index in [1.165, 1.54) is 36.8 Å². The largest absolute Gasteiger partial charge is 0.291 e. The monoisotopic (exact) mass is 283 g/mol. The average molecular weight is 283 g/mol. The highest BCUT2D eigenvalue weighted by atomic mass is 15.6. The predicted octanol–water partition coefficient (Wildman–Crippen LogP) is 2.35. The Morgan fingerprint density at radius 1 is 1.10 bits per heavy atom. The zero-order valence-electron chi connectivity index (χ0n) is 12.3. The molecule has 5 nitrogen and oxygen atoms in total. The normalized spacial score (nSPS) is 19.8. The number of benzene rings is 1. The van der Waals surface area contributed by atoms with E-state index in [-0.39, 0.29) is 0 Å². The zero-order chi connectivity index (χ0) is 14.1. The van der Waals surface area contributed by atoms with Crippen molar-refractivity contribution < 1.29 is 0 Å². The number of hydrogen-bond acceptors (Lipinski definition) is 4. The van der Waals surface area contributed by atoms with E-state index in [4.69, 9.17) is 0 Å². The molecule has 21 heavy (non-hydrogen) atoms. The summed E-state index contributed by atoms with van der Waals surface area (Å²) in [5.41, 5.74) is 2.94. The summed E-state index contributed by atoms with van der Waals surface area (Å²) >= 11 is 0. The van der Waals surface area contributed by atoms with Gasteiger partial charge in [-0.1, -0.05) is 37.1 Å².